The van der Waals surface area contributed by atoms with Crippen LogP contribution in [-0.4, -0.2) is 18.1 Å². The van der Waals surface area contributed by atoms with Crippen molar-refractivity contribution in [3.63, 3.8) is 0 Å². The molecule has 0 saturated heterocycles. The van der Waals surface area contributed by atoms with Gasteiger partial charge in [-0.05, 0) is 31.0 Å². The monoisotopic (exact) mass is 206 g/mol. The van der Waals surface area contributed by atoms with Gasteiger partial charge in [0.1, 0.15) is 0 Å². The summed E-state index contributed by atoms with van der Waals surface area (Å²) < 4.78 is 0. The summed E-state index contributed by atoms with van der Waals surface area (Å²) in [6.45, 7) is 6.70. The minimum absolute atomic E-state index is 0.790. The zero-order chi connectivity index (χ0) is 10.9. The second-order valence-electron chi connectivity index (χ2n) is 4.17. The van der Waals surface area contributed by atoms with Crippen LogP contribution in [0.15, 0.2) is 24.4 Å². The first kappa shape index (κ1) is 12.2. The van der Waals surface area contributed by atoms with Crippen LogP contribution in [-0.2, 0) is 6.42 Å². The number of nitrogens with one attached hydrogen (secondary N) is 1. The predicted octanol–water partition coefficient (Wildman–Crippen LogP) is 2.65. The van der Waals surface area contributed by atoms with E-state index in [0.717, 1.165) is 25.4 Å². The van der Waals surface area contributed by atoms with E-state index in [1.165, 1.54) is 18.5 Å². The largest absolute Gasteiger partial charge is 0.316 e. The molecule has 0 aliphatic heterocycles. The van der Waals surface area contributed by atoms with Crippen molar-refractivity contribution in [2.45, 2.75) is 33.1 Å². The van der Waals surface area contributed by atoms with E-state index in [1.54, 1.807) is 0 Å². The first-order valence-corrected chi connectivity index (χ1v) is 5.93. The average molecular weight is 206 g/mol. The molecule has 0 saturated carbocycles. The molecule has 0 amide bonds. The predicted molar refractivity (Wildman–Crippen MR) is 64.9 cm³/mol. The second kappa shape index (κ2) is 7.41. The summed E-state index contributed by atoms with van der Waals surface area (Å²) in [7, 11) is 0. The molecule has 15 heavy (non-hydrogen) atoms. The molecule has 1 N–H and O–H groups in total. The molecule has 1 rings (SSSR count). The Kier molecular flexibility index (Phi) is 6.02. The van der Waals surface area contributed by atoms with Gasteiger partial charge in [0.2, 0.25) is 0 Å². The van der Waals surface area contributed by atoms with Crippen molar-refractivity contribution in [1.82, 2.24) is 10.3 Å². The minimum atomic E-state index is 0.790. The zero-order valence-corrected chi connectivity index (χ0v) is 9.87. The van der Waals surface area contributed by atoms with Crippen molar-refractivity contribution >= 4 is 0 Å². The molecule has 0 aliphatic rings. The van der Waals surface area contributed by atoms with Gasteiger partial charge in [0.15, 0.2) is 0 Å². The number of hydrogen-bond donors (Lipinski definition) is 1. The van der Waals surface area contributed by atoms with Gasteiger partial charge < -0.3 is 5.32 Å². The molecule has 0 spiro atoms. The molecule has 0 aromatic carbocycles. The van der Waals surface area contributed by atoms with Crippen LogP contribution in [0.5, 0.6) is 0 Å². The molecule has 0 radical (unpaired) electrons. The highest BCUT2D eigenvalue weighted by Crippen LogP contribution is 2.02. The summed E-state index contributed by atoms with van der Waals surface area (Å²) in [6, 6.07) is 6.08. The van der Waals surface area contributed by atoms with Crippen LogP contribution < -0.4 is 5.32 Å². The van der Waals surface area contributed by atoms with Gasteiger partial charge in [-0.3, -0.25) is 4.98 Å². The first-order chi connectivity index (χ1) is 7.33. The summed E-state index contributed by atoms with van der Waals surface area (Å²) in [6.07, 6.45) is 5.48. The van der Waals surface area contributed by atoms with Gasteiger partial charge in [-0.15, -0.1) is 0 Å². The molecule has 0 fully saturated rings. The summed E-state index contributed by atoms with van der Waals surface area (Å²) in [4.78, 5) is 4.29. The highest BCUT2D eigenvalue weighted by atomic mass is 14.9. The van der Waals surface area contributed by atoms with E-state index in [9.17, 15) is 0 Å². The fourth-order valence-corrected chi connectivity index (χ4v) is 1.71. The number of nitrogens with zero attached hydrogens (tertiary/aromatic N) is 1. The Morgan fingerprint density at radius 3 is 2.93 bits per heavy atom. The maximum absolute atomic E-state index is 4.29. The molecule has 0 aliphatic carbocycles. The molecule has 84 valence electrons. The van der Waals surface area contributed by atoms with Crippen LogP contribution >= 0.6 is 0 Å². The fourth-order valence-electron chi connectivity index (χ4n) is 1.71. The van der Waals surface area contributed by atoms with Crippen LogP contribution in [0.2, 0.25) is 0 Å². The Morgan fingerprint density at radius 1 is 1.40 bits per heavy atom. The van der Waals surface area contributed by atoms with E-state index in [0.29, 0.717) is 0 Å². The van der Waals surface area contributed by atoms with Gasteiger partial charge in [0, 0.05) is 24.9 Å². The summed E-state index contributed by atoms with van der Waals surface area (Å²) in [5.74, 6) is 0.790. The standard InChI is InChI=1S/C13H22N2/c1-3-6-12(2)11-14-10-8-13-7-4-5-9-15-13/h4-5,7,9,12,14H,3,6,8,10-11H2,1-2H3/t12-/m1/s1. The Labute approximate surface area is 93.1 Å². The van der Waals surface area contributed by atoms with Gasteiger partial charge in [0.25, 0.3) is 0 Å². The molecule has 1 aromatic rings. The molecule has 2 heteroatoms. The summed E-state index contributed by atoms with van der Waals surface area (Å²) in [5.41, 5.74) is 1.17. The Morgan fingerprint density at radius 2 is 2.27 bits per heavy atom. The number of hydrogen-bond acceptors (Lipinski definition) is 2. The third-order valence-corrected chi connectivity index (χ3v) is 2.56. The molecule has 0 bridgehead atoms. The Bertz CT molecular complexity index is 246. The third kappa shape index (κ3) is 5.53. The average Bonchev–Trinajstić information content (AvgIpc) is 2.26. The number of rotatable bonds is 7. The van der Waals surface area contributed by atoms with Crippen LogP contribution in [0.3, 0.4) is 0 Å². The third-order valence-electron chi connectivity index (χ3n) is 2.56. The van der Waals surface area contributed by atoms with Crippen molar-refractivity contribution in [3.05, 3.63) is 30.1 Å². The van der Waals surface area contributed by atoms with E-state index in [1.807, 2.05) is 18.3 Å². The van der Waals surface area contributed by atoms with E-state index in [-0.39, 0.29) is 0 Å². The maximum atomic E-state index is 4.29. The van der Waals surface area contributed by atoms with Crippen LogP contribution in [0.25, 0.3) is 0 Å². The van der Waals surface area contributed by atoms with Crippen molar-refractivity contribution in [3.8, 4) is 0 Å². The second-order valence-corrected chi connectivity index (χ2v) is 4.17. The molecule has 1 aromatic heterocycles. The lowest BCUT2D eigenvalue weighted by Gasteiger charge is -2.10. The van der Waals surface area contributed by atoms with Gasteiger partial charge in [0.05, 0.1) is 0 Å². The van der Waals surface area contributed by atoms with E-state index >= 15 is 0 Å². The van der Waals surface area contributed by atoms with E-state index < -0.39 is 0 Å². The van der Waals surface area contributed by atoms with Gasteiger partial charge >= 0.3 is 0 Å². The Balaban J connectivity index is 2.07. The van der Waals surface area contributed by atoms with Gasteiger partial charge in [-0.2, -0.15) is 0 Å². The topological polar surface area (TPSA) is 24.9 Å². The lowest BCUT2D eigenvalue weighted by atomic mass is 10.1. The van der Waals surface area contributed by atoms with Crippen LogP contribution in [0.1, 0.15) is 32.4 Å². The van der Waals surface area contributed by atoms with Crippen LogP contribution in [0.4, 0.5) is 0 Å². The lowest BCUT2D eigenvalue weighted by molar-refractivity contribution is 0.477. The van der Waals surface area contributed by atoms with Crippen molar-refractivity contribution in [2.75, 3.05) is 13.1 Å². The highest BCUT2D eigenvalue weighted by Gasteiger charge is 1.99. The summed E-state index contributed by atoms with van der Waals surface area (Å²) in [5, 5.41) is 3.48. The molecule has 1 atom stereocenters. The fraction of sp³-hybridized carbons (Fsp3) is 0.615. The SMILES string of the molecule is CCC[C@@H](C)CNCCc1ccccn1. The summed E-state index contributed by atoms with van der Waals surface area (Å²) >= 11 is 0. The van der Waals surface area contributed by atoms with Crippen molar-refractivity contribution < 1.29 is 0 Å². The van der Waals surface area contributed by atoms with E-state index in [2.05, 4.69) is 30.2 Å². The highest BCUT2D eigenvalue weighted by molar-refractivity contribution is 5.03. The molecular formula is C13H22N2. The Hall–Kier alpha value is -0.890. The quantitative estimate of drug-likeness (QED) is 0.694. The number of aromatic nitrogens is 1. The van der Waals surface area contributed by atoms with Crippen molar-refractivity contribution in [1.29, 1.82) is 0 Å². The van der Waals surface area contributed by atoms with E-state index in [4.69, 9.17) is 0 Å². The minimum Gasteiger partial charge on any atom is -0.316 e. The van der Waals surface area contributed by atoms with Gasteiger partial charge in [-0.25, -0.2) is 0 Å². The van der Waals surface area contributed by atoms with Crippen LogP contribution in [0, 0.1) is 5.92 Å². The first-order valence-electron chi connectivity index (χ1n) is 5.93. The number of pyridine rings is 1. The molecular weight excluding hydrogens is 184 g/mol. The molecule has 0 unspecified atom stereocenters. The van der Waals surface area contributed by atoms with Crippen molar-refractivity contribution in [2.24, 2.45) is 5.92 Å². The van der Waals surface area contributed by atoms with Gasteiger partial charge in [-0.1, -0.05) is 26.3 Å². The smallest absolute Gasteiger partial charge is 0.0416 e. The maximum Gasteiger partial charge on any atom is 0.0416 e. The molecule has 1 heterocycles. The molecule has 2 nitrogen and oxygen atoms in total. The zero-order valence-electron chi connectivity index (χ0n) is 9.87. The lowest BCUT2D eigenvalue weighted by Crippen LogP contribution is -2.23. The normalized spacial score (nSPS) is 12.7.